The molecule has 2 rings (SSSR count). The van der Waals surface area contributed by atoms with E-state index in [9.17, 15) is 9.59 Å². The van der Waals surface area contributed by atoms with Gasteiger partial charge in [0.25, 0.3) is 0 Å². The van der Waals surface area contributed by atoms with Crippen molar-refractivity contribution in [3.63, 3.8) is 0 Å². The van der Waals surface area contributed by atoms with Gasteiger partial charge in [0.15, 0.2) is 0 Å². The molecular weight excluding hydrogens is 340 g/mol. The van der Waals surface area contributed by atoms with Crippen LogP contribution in [0.25, 0.3) is 0 Å². The first kappa shape index (κ1) is 18.8. The van der Waals surface area contributed by atoms with Crippen molar-refractivity contribution >= 4 is 34.8 Å². The minimum atomic E-state index is -0.428. The van der Waals surface area contributed by atoms with Crippen molar-refractivity contribution in [2.24, 2.45) is 0 Å². The maximum absolute atomic E-state index is 12.1. The quantitative estimate of drug-likeness (QED) is 0.759. The van der Waals surface area contributed by atoms with Crippen LogP contribution in [-0.4, -0.2) is 18.9 Å². The molecule has 2 amide bonds. The molecule has 2 aromatic rings. The van der Waals surface area contributed by atoms with Crippen LogP contribution in [0.4, 0.5) is 11.4 Å². The maximum Gasteiger partial charge on any atom is 0.233 e. The van der Waals surface area contributed by atoms with E-state index < -0.39 is 5.91 Å². The van der Waals surface area contributed by atoms with Crippen molar-refractivity contribution < 1.29 is 14.3 Å². The number of halogens is 1. The van der Waals surface area contributed by atoms with E-state index in [0.29, 0.717) is 22.1 Å². The summed E-state index contributed by atoms with van der Waals surface area (Å²) in [5.74, 6) is -0.367. The number of hydrogen-bond donors (Lipinski definition) is 2. The van der Waals surface area contributed by atoms with E-state index in [2.05, 4.69) is 17.6 Å². The van der Waals surface area contributed by atoms with Crippen LogP contribution >= 0.6 is 11.6 Å². The highest BCUT2D eigenvalue weighted by Crippen LogP contribution is 2.31. The zero-order chi connectivity index (χ0) is 18.4. The first-order valence-electron chi connectivity index (χ1n) is 7.95. The summed E-state index contributed by atoms with van der Waals surface area (Å²) in [5.41, 5.74) is 3.13. The predicted molar refractivity (Wildman–Crippen MR) is 100 cm³/mol. The van der Waals surface area contributed by atoms with Gasteiger partial charge in [-0.3, -0.25) is 9.59 Å². The fourth-order valence-electron chi connectivity index (χ4n) is 2.30. The van der Waals surface area contributed by atoms with Gasteiger partial charge in [-0.25, -0.2) is 0 Å². The Balaban J connectivity index is 1.97. The second-order valence-electron chi connectivity index (χ2n) is 5.63. The summed E-state index contributed by atoms with van der Waals surface area (Å²) in [6.07, 6.45) is 0.638. The van der Waals surface area contributed by atoms with E-state index in [-0.39, 0.29) is 12.3 Å². The predicted octanol–water partition coefficient (Wildman–Crippen LogP) is 4.19. The number of carbonyl (C=O) groups is 2. The Bertz CT molecular complexity index is 773. The molecule has 5 nitrogen and oxygen atoms in total. The van der Waals surface area contributed by atoms with E-state index in [1.54, 1.807) is 12.1 Å². The summed E-state index contributed by atoms with van der Waals surface area (Å²) in [4.78, 5) is 24.1. The number of hydrogen-bond acceptors (Lipinski definition) is 3. The third-order valence-corrected chi connectivity index (χ3v) is 4.13. The minimum Gasteiger partial charge on any atom is -0.495 e. The SMILES string of the molecule is CCc1ccc(NC(=O)CC(=O)Nc2cc(C)c(Cl)cc2OC)cc1. The number of benzene rings is 2. The lowest BCUT2D eigenvalue weighted by Gasteiger charge is -2.12. The standard InChI is InChI=1S/C19H21ClN2O3/c1-4-13-5-7-14(8-6-13)21-18(23)11-19(24)22-16-9-12(2)15(20)10-17(16)25-3/h5-10H,4,11H2,1-3H3,(H,21,23)(H,22,24). The van der Waals surface area contributed by atoms with Crippen molar-refractivity contribution in [3.8, 4) is 5.75 Å². The van der Waals surface area contributed by atoms with Gasteiger partial charge in [0.2, 0.25) is 11.8 Å². The summed E-state index contributed by atoms with van der Waals surface area (Å²) >= 11 is 6.04. The van der Waals surface area contributed by atoms with Gasteiger partial charge >= 0.3 is 0 Å². The van der Waals surface area contributed by atoms with Crippen LogP contribution in [0, 0.1) is 6.92 Å². The molecule has 0 bridgehead atoms. The number of ether oxygens (including phenoxy) is 1. The van der Waals surface area contributed by atoms with Crippen LogP contribution in [0.1, 0.15) is 24.5 Å². The first-order valence-corrected chi connectivity index (χ1v) is 8.33. The Labute approximate surface area is 152 Å². The minimum absolute atomic E-state index is 0.291. The van der Waals surface area contributed by atoms with Gasteiger partial charge in [-0.1, -0.05) is 30.7 Å². The Kier molecular flexibility index (Phi) is 6.42. The van der Waals surface area contributed by atoms with Crippen molar-refractivity contribution in [2.75, 3.05) is 17.7 Å². The molecule has 0 saturated carbocycles. The van der Waals surface area contributed by atoms with Crippen LogP contribution in [-0.2, 0) is 16.0 Å². The number of nitrogens with one attached hydrogen (secondary N) is 2. The molecule has 25 heavy (non-hydrogen) atoms. The zero-order valence-corrected chi connectivity index (χ0v) is 15.2. The van der Waals surface area contributed by atoms with Gasteiger partial charge in [0.1, 0.15) is 12.2 Å². The van der Waals surface area contributed by atoms with Crippen molar-refractivity contribution in [2.45, 2.75) is 26.7 Å². The molecule has 0 aliphatic rings. The zero-order valence-electron chi connectivity index (χ0n) is 14.5. The molecular formula is C19H21ClN2O3. The van der Waals surface area contributed by atoms with E-state index in [1.165, 1.54) is 12.7 Å². The summed E-state index contributed by atoms with van der Waals surface area (Å²) in [5, 5.41) is 5.93. The van der Waals surface area contributed by atoms with Crippen molar-refractivity contribution in [3.05, 3.63) is 52.5 Å². The molecule has 0 unspecified atom stereocenters. The average molecular weight is 361 g/mol. The molecule has 0 aliphatic carbocycles. The monoisotopic (exact) mass is 360 g/mol. The van der Waals surface area contributed by atoms with Gasteiger partial charge in [0, 0.05) is 16.8 Å². The average Bonchev–Trinajstić information content (AvgIpc) is 2.58. The first-order chi connectivity index (χ1) is 11.9. The molecule has 0 saturated heterocycles. The second-order valence-corrected chi connectivity index (χ2v) is 6.03. The molecule has 0 spiro atoms. The molecule has 2 aromatic carbocycles. The Hall–Kier alpha value is -2.53. The summed E-state index contributed by atoms with van der Waals surface area (Å²) in [6.45, 7) is 3.88. The van der Waals surface area contributed by atoms with Crippen LogP contribution in [0.5, 0.6) is 5.75 Å². The third-order valence-electron chi connectivity index (χ3n) is 3.72. The normalized spacial score (nSPS) is 10.2. The van der Waals surface area contributed by atoms with E-state index in [4.69, 9.17) is 16.3 Å². The smallest absolute Gasteiger partial charge is 0.233 e. The van der Waals surface area contributed by atoms with Gasteiger partial charge in [-0.05, 0) is 42.7 Å². The fourth-order valence-corrected chi connectivity index (χ4v) is 2.45. The van der Waals surface area contributed by atoms with E-state index >= 15 is 0 Å². The number of anilines is 2. The molecule has 0 radical (unpaired) electrons. The number of methoxy groups -OCH3 is 1. The summed E-state index contributed by atoms with van der Waals surface area (Å²) < 4.78 is 5.20. The highest BCUT2D eigenvalue weighted by atomic mass is 35.5. The lowest BCUT2D eigenvalue weighted by Crippen LogP contribution is -2.21. The highest BCUT2D eigenvalue weighted by molar-refractivity contribution is 6.31. The van der Waals surface area contributed by atoms with Gasteiger partial charge in [0.05, 0.1) is 12.8 Å². The largest absolute Gasteiger partial charge is 0.495 e. The van der Waals surface area contributed by atoms with Crippen molar-refractivity contribution in [1.29, 1.82) is 0 Å². The molecule has 0 aliphatic heterocycles. The van der Waals surface area contributed by atoms with Crippen LogP contribution in [0.15, 0.2) is 36.4 Å². The van der Waals surface area contributed by atoms with E-state index in [0.717, 1.165) is 12.0 Å². The highest BCUT2D eigenvalue weighted by Gasteiger charge is 2.14. The topological polar surface area (TPSA) is 67.4 Å². The molecule has 0 aromatic heterocycles. The lowest BCUT2D eigenvalue weighted by atomic mass is 10.1. The van der Waals surface area contributed by atoms with Crippen LogP contribution < -0.4 is 15.4 Å². The lowest BCUT2D eigenvalue weighted by molar-refractivity contribution is -0.123. The Morgan fingerprint density at radius 2 is 1.72 bits per heavy atom. The van der Waals surface area contributed by atoms with E-state index in [1.807, 2.05) is 31.2 Å². The fraction of sp³-hybridized carbons (Fsp3) is 0.263. The molecule has 6 heteroatoms. The number of amides is 2. The van der Waals surface area contributed by atoms with Gasteiger partial charge in [-0.15, -0.1) is 0 Å². The molecule has 0 fully saturated rings. The van der Waals surface area contributed by atoms with Crippen LogP contribution in [0.2, 0.25) is 5.02 Å². The number of aryl methyl sites for hydroxylation is 2. The summed E-state index contributed by atoms with van der Waals surface area (Å²) in [6, 6.07) is 10.9. The molecule has 0 heterocycles. The molecule has 0 atom stereocenters. The third kappa shape index (κ3) is 5.22. The van der Waals surface area contributed by atoms with Crippen molar-refractivity contribution in [1.82, 2.24) is 0 Å². The number of rotatable bonds is 6. The Morgan fingerprint density at radius 1 is 1.08 bits per heavy atom. The maximum atomic E-state index is 12.1. The second kappa shape index (κ2) is 8.53. The Morgan fingerprint density at radius 3 is 2.32 bits per heavy atom. The van der Waals surface area contributed by atoms with Crippen LogP contribution in [0.3, 0.4) is 0 Å². The van der Waals surface area contributed by atoms with Gasteiger partial charge in [-0.2, -0.15) is 0 Å². The molecule has 2 N–H and O–H groups in total. The number of carbonyl (C=O) groups excluding carboxylic acids is 2. The summed E-state index contributed by atoms with van der Waals surface area (Å²) in [7, 11) is 1.49. The molecule has 132 valence electrons. The van der Waals surface area contributed by atoms with Gasteiger partial charge < -0.3 is 15.4 Å².